The number of nitrogens with one attached hydrogen (secondary N) is 1. The largest absolute Gasteiger partial charge is 0.332 e. The number of anilines is 1. The Morgan fingerprint density at radius 3 is 3.05 bits per heavy atom. The van der Waals surface area contributed by atoms with Crippen LogP contribution in [0.4, 0.5) is 10.5 Å². The van der Waals surface area contributed by atoms with Crippen molar-refractivity contribution in [2.75, 3.05) is 24.2 Å². The molecule has 1 aliphatic rings. The number of hydrogen-bond donors (Lipinski definition) is 1. The van der Waals surface area contributed by atoms with Crippen LogP contribution < -0.4 is 5.32 Å². The van der Waals surface area contributed by atoms with Crippen LogP contribution in [0.2, 0.25) is 0 Å². The van der Waals surface area contributed by atoms with E-state index in [0.717, 1.165) is 23.2 Å². The van der Waals surface area contributed by atoms with Crippen LogP contribution in [0.15, 0.2) is 36.5 Å². The van der Waals surface area contributed by atoms with Crippen molar-refractivity contribution in [2.45, 2.75) is 6.42 Å². The highest BCUT2D eigenvalue weighted by Gasteiger charge is 2.21. The Balaban J connectivity index is 1.59. The van der Waals surface area contributed by atoms with Gasteiger partial charge in [-0.2, -0.15) is 0 Å². The van der Waals surface area contributed by atoms with E-state index < -0.39 is 0 Å². The van der Waals surface area contributed by atoms with Gasteiger partial charge in [-0.15, -0.1) is 0 Å². The van der Waals surface area contributed by atoms with Crippen LogP contribution in [0.25, 0.3) is 10.9 Å². The SMILES string of the molecule is O=C(CCN1CCSC1=O)Nc1cnc2ccccc2c1. The molecule has 1 aromatic heterocycles. The van der Waals surface area contributed by atoms with E-state index in [0.29, 0.717) is 18.7 Å². The quantitative estimate of drug-likeness (QED) is 0.943. The molecule has 2 heterocycles. The van der Waals surface area contributed by atoms with Crippen molar-refractivity contribution in [3.8, 4) is 0 Å². The number of aromatic nitrogens is 1. The van der Waals surface area contributed by atoms with E-state index in [2.05, 4.69) is 10.3 Å². The van der Waals surface area contributed by atoms with Crippen molar-refractivity contribution in [3.05, 3.63) is 36.5 Å². The molecule has 2 amide bonds. The van der Waals surface area contributed by atoms with E-state index in [1.807, 2.05) is 30.3 Å². The molecule has 0 atom stereocenters. The molecule has 0 unspecified atom stereocenters. The monoisotopic (exact) mass is 301 g/mol. The summed E-state index contributed by atoms with van der Waals surface area (Å²) in [5, 5.41) is 3.88. The zero-order valence-corrected chi connectivity index (χ0v) is 12.2. The van der Waals surface area contributed by atoms with Gasteiger partial charge in [-0.05, 0) is 12.1 Å². The number of carbonyl (C=O) groups excluding carboxylic acids is 2. The number of benzene rings is 1. The van der Waals surface area contributed by atoms with Gasteiger partial charge in [-0.3, -0.25) is 14.6 Å². The molecule has 0 saturated carbocycles. The van der Waals surface area contributed by atoms with E-state index in [1.54, 1.807) is 11.1 Å². The summed E-state index contributed by atoms with van der Waals surface area (Å²) >= 11 is 1.31. The highest BCUT2D eigenvalue weighted by molar-refractivity contribution is 8.13. The van der Waals surface area contributed by atoms with Gasteiger partial charge >= 0.3 is 0 Å². The van der Waals surface area contributed by atoms with Crippen molar-refractivity contribution in [1.82, 2.24) is 9.88 Å². The third-order valence-corrected chi connectivity index (χ3v) is 4.22. The normalized spacial score (nSPS) is 14.7. The summed E-state index contributed by atoms with van der Waals surface area (Å²) in [6.07, 6.45) is 1.95. The molecule has 5 nitrogen and oxygen atoms in total. The molecule has 21 heavy (non-hydrogen) atoms. The number of rotatable bonds is 4. The van der Waals surface area contributed by atoms with Crippen molar-refractivity contribution in [2.24, 2.45) is 0 Å². The fourth-order valence-electron chi connectivity index (χ4n) is 2.23. The summed E-state index contributed by atoms with van der Waals surface area (Å²) < 4.78 is 0. The molecule has 1 fully saturated rings. The van der Waals surface area contributed by atoms with Crippen molar-refractivity contribution in [3.63, 3.8) is 0 Å². The average molecular weight is 301 g/mol. The van der Waals surface area contributed by atoms with Crippen LogP contribution in [0, 0.1) is 0 Å². The van der Waals surface area contributed by atoms with Crippen LogP contribution in [0.1, 0.15) is 6.42 Å². The number of pyridine rings is 1. The first-order valence-electron chi connectivity index (χ1n) is 6.79. The molecule has 1 saturated heterocycles. The molecule has 0 spiro atoms. The number of para-hydroxylation sites is 1. The lowest BCUT2D eigenvalue weighted by Crippen LogP contribution is -2.27. The number of amides is 2. The summed E-state index contributed by atoms with van der Waals surface area (Å²) in [6, 6.07) is 9.65. The second-order valence-corrected chi connectivity index (χ2v) is 5.86. The second kappa shape index (κ2) is 6.13. The Hall–Kier alpha value is -2.08. The highest BCUT2D eigenvalue weighted by atomic mass is 32.2. The Kier molecular flexibility index (Phi) is 4.06. The lowest BCUT2D eigenvalue weighted by molar-refractivity contribution is -0.116. The average Bonchev–Trinajstić information content (AvgIpc) is 2.90. The zero-order valence-electron chi connectivity index (χ0n) is 11.4. The minimum absolute atomic E-state index is 0.0650. The predicted molar refractivity (Wildman–Crippen MR) is 84.4 cm³/mol. The van der Waals surface area contributed by atoms with E-state index in [1.165, 1.54) is 11.8 Å². The van der Waals surface area contributed by atoms with Crippen LogP contribution >= 0.6 is 11.8 Å². The van der Waals surface area contributed by atoms with Gasteiger partial charge in [0.25, 0.3) is 5.24 Å². The molecule has 1 aliphatic heterocycles. The first kappa shape index (κ1) is 13.9. The number of thioether (sulfide) groups is 1. The third-order valence-electron chi connectivity index (χ3n) is 3.33. The molecule has 0 bridgehead atoms. The van der Waals surface area contributed by atoms with Crippen molar-refractivity contribution >= 4 is 39.5 Å². The Morgan fingerprint density at radius 2 is 2.24 bits per heavy atom. The van der Waals surface area contributed by atoms with Gasteiger partial charge < -0.3 is 10.2 Å². The first-order valence-corrected chi connectivity index (χ1v) is 7.77. The van der Waals surface area contributed by atoms with E-state index >= 15 is 0 Å². The molecular formula is C15H15N3O2S. The zero-order chi connectivity index (χ0) is 14.7. The first-order chi connectivity index (χ1) is 10.2. The highest BCUT2D eigenvalue weighted by Crippen LogP contribution is 2.18. The Labute approximate surface area is 126 Å². The number of hydrogen-bond acceptors (Lipinski definition) is 4. The predicted octanol–water partition coefficient (Wildman–Crippen LogP) is 2.73. The molecule has 1 aromatic carbocycles. The molecule has 108 valence electrons. The maximum atomic E-state index is 11.9. The third kappa shape index (κ3) is 3.33. The molecule has 1 N–H and O–H groups in total. The van der Waals surface area contributed by atoms with Gasteiger partial charge in [-0.25, -0.2) is 0 Å². The minimum atomic E-state index is -0.100. The summed E-state index contributed by atoms with van der Waals surface area (Å²) in [6.45, 7) is 1.20. The van der Waals surface area contributed by atoms with Crippen LogP contribution in [-0.2, 0) is 4.79 Å². The van der Waals surface area contributed by atoms with Gasteiger partial charge in [0.05, 0.1) is 17.4 Å². The fraction of sp³-hybridized carbons (Fsp3) is 0.267. The van der Waals surface area contributed by atoms with Crippen LogP contribution in [-0.4, -0.2) is 39.9 Å². The summed E-state index contributed by atoms with van der Waals surface area (Å²) in [4.78, 5) is 29.4. The lowest BCUT2D eigenvalue weighted by Gasteiger charge is -2.13. The van der Waals surface area contributed by atoms with E-state index in [-0.39, 0.29) is 11.1 Å². The van der Waals surface area contributed by atoms with E-state index in [9.17, 15) is 9.59 Å². The standard InChI is InChI=1S/C15H15N3O2S/c19-14(5-6-18-7-8-21-15(18)20)17-12-9-11-3-1-2-4-13(11)16-10-12/h1-4,9-10H,5-8H2,(H,17,19). The number of fused-ring (bicyclic) bond motifs is 1. The maximum Gasteiger partial charge on any atom is 0.281 e. The van der Waals surface area contributed by atoms with Crippen molar-refractivity contribution in [1.29, 1.82) is 0 Å². The van der Waals surface area contributed by atoms with Crippen LogP contribution in [0.5, 0.6) is 0 Å². The molecule has 0 radical (unpaired) electrons. The lowest BCUT2D eigenvalue weighted by atomic mass is 10.2. The Morgan fingerprint density at radius 1 is 1.38 bits per heavy atom. The summed E-state index contributed by atoms with van der Waals surface area (Å²) in [7, 11) is 0. The van der Waals surface area contributed by atoms with E-state index in [4.69, 9.17) is 0 Å². The minimum Gasteiger partial charge on any atom is -0.332 e. The Bertz CT molecular complexity index is 689. The second-order valence-electron chi connectivity index (χ2n) is 4.82. The number of nitrogens with zero attached hydrogens (tertiary/aromatic N) is 2. The van der Waals surface area contributed by atoms with Gasteiger partial charge in [0.15, 0.2) is 0 Å². The topological polar surface area (TPSA) is 62.3 Å². The summed E-state index contributed by atoms with van der Waals surface area (Å²) in [5.74, 6) is 0.714. The smallest absolute Gasteiger partial charge is 0.281 e. The van der Waals surface area contributed by atoms with Gasteiger partial charge in [-0.1, -0.05) is 30.0 Å². The fourth-order valence-corrected chi connectivity index (χ4v) is 3.08. The van der Waals surface area contributed by atoms with Gasteiger partial charge in [0.1, 0.15) is 0 Å². The van der Waals surface area contributed by atoms with Gasteiger partial charge in [0, 0.05) is 30.6 Å². The number of carbonyl (C=O) groups is 2. The molecular weight excluding hydrogens is 286 g/mol. The van der Waals surface area contributed by atoms with Crippen molar-refractivity contribution < 1.29 is 9.59 Å². The molecule has 6 heteroatoms. The molecule has 0 aliphatic carbocycles. The van der Waals surface area contributed by atoms with Gasteiger partial charge in [0.2, 0.25) is 5.91 Å². The maximum absolute atomic E-state index is 11.9. The summed E-state index contributed by atoms with van der Waals surface area (Å²) in [5.41, 5.74) is 1.58. The molecule has 3 rings (SSSR count). The van der Waals surface area contributed by atoms with Crippen LogP contribution in [0.3, 0.4) is 0 Å². The molecule has 2 aromatic rings.